The van der Waals surface area contributed by atoms with Gasteiger partial charge in [0.2, 0.25) is 5.91 Å². The Morgan fingerprint density at radius 1 is 0.882 bits per heavy atom. The molecule has 0 heterocycles. The van der Waals surface area contributed by atoms with Crippen LogP contribution in [0.2, 0.25) is 0 Å². The third-order valence-electron chi connectivity index (χ3n) is 5.16. The van der Waals surface area contributed by atoms with E-state index in [0.717, 1.165) is 10.6 Å². The van der Waals surface area contributed by atoms with Gasteiger partial charge >= 0.3 is 0 Å². The molecule has 0 spiro atoms. The number of carbonyl (C=O) groups is 1. The summed E-state index contributed by atoms with van der Waals surface area (Å²) in [7, 11) is -5.89. The number of anilines is 1. The number of sulfone groups is 1. The van der Waals surface area contributed by atoms with E-state index in [1.54, 1.807) is 61.5 Å². The number of hydrogen-bond acceptors (Lipinski definition) is 6. The highest BCUT2D eigenvalue weighted by molar-refractivity contribution is 7.93. The van der Waals surface area contributed by atoms with Crippen LogP contribution in [0, 0.1) is 0 Å². The highest BCUT2D eigenvalue weighted by Crippen LogP contribution is 2.25. The number of para-hydroxylation sites is 1. The van der Waals surface area contributed by atoms with Gasteiger partial charge in [0.15, 0.2) is 9.84 Å². The van der Waals surface area contributed by atoms with Crippen molar-refractivity contribution in [1.29, 1.82) is 0 Å². The number of sulfonamides is 1. The third-order valence-corrected chi connectivity index (χ3v) is 8.08. The molecule has 10 heteroatoms. The number of methoxy groups -OCH3 is 1. The van der Waals surface area contributed by atoms with Crippen LogP contribution < -0.4 is 14.4 Å². The molecule has 3 aromatic rings. The molecule has 0 saturated heterocycles. The Bertz CT molecular complexity index is 1340. The van der Waals surface area contributed by atoms with Gasteiger partial charge < -0.3 is 10.1 Å². The van der Waals surface area contributed by atoms with E-state index in [1.807, 2.05) is 0 Å². The van der Waals surface area contributed by atoms with Gasteiger partial charge in [0.1, 0.15) is 12.3 Å². The fourth-order valence-corrected chi connectivity index (χ4v) is 5.34. The maximum Gasteiger partial charge on any atom is 0.264 e. The number of amides is 1. The summed E-state index contributed by atoms with van der Waals surface area (Å²) in [5.74, 6) is -0.000648. The van der Waals surface area contributed by atoms with Gasteiger partial charge in [0.25, 0.3) is 10.0 Å². The van der Waals surface area contributed by atoms with Gasteiger partial charge in [-0.2, -0.15) is 0 Å². The van der Waals surface area contributed by atoms with E-state index in [1.165, 1.54) is 31.4 Å². The fourth-order valence-electron chi connectivity index (χ4n) is 3.29. The van der Waals surface area contributed by atoms with Gasteiger partial charge in [-0.25, -0.2) is 16.8 Å². The first-order valence-corrected chi connectivity index (χ1v) is 13.7. The first kappa shape index (κ1) is 25.3. The van der Waals surface area contributed by atoms with E-state index < -0.39 is 38.4 Å². The molecule has 0 fully saturated rings. The van der Waals surface area contributed by atoms with Crippen molar-refractivity contribution >= 4 is 31.5 Å². The zero-order chi connectivity index (χ0) is 24.9. The number of benzene rings is 3. The molecule has 0 unspecified atom stereocenters. The molecule has 180 valence electrons. The van der Waals surface area contributed by atoms with Crippen LogP contribution in [-0.4, -0.2) is 42.7 Å². The Morgan fingerprint density at radius 3 is 1.97 bits per heavy atom. The van der Waals surface area contributed by atoms with E-state index in [0.29, 0.717) is 17.0 Å². The molecule has 3 rings (SSSR count). The van der Waals surface area contributed by atoms with E-state index in [4.69, 9.17) is 4.74 Å². The second-order valence-corrected chi connectivity index (χ2v) is 11.5. The van der Waals surface area contributed by atoms with Crippen LogP contribution in [0.15, 0.2) is 88.7 Å². The van der Waals surface area contributed by atoms with Crippen LogP contribution >= 0.6 is 0 Å². The summed E-state index contributed by atoms with van der Waals surface area (Å²) in [5.41, 5.74) is 1.03. The summed E-state index contributed by atoms with van der Waals surface area (Å²) in [6.07, 6.45) is 1.12. The van der Waals surface area contributed by atoms with Crippen LogP contribution in [0.3, 0.4) is 0 Å². The zero-order valence-electron chi connectivity index (χ0n) is 19.0. The molecule has 0 aliphatic carbocycles. The van der Waals surface area contributed by atoms with Gasteiger partial charge in [0, 0.05) is 6.26 Å². The third kappa shape index (κ3) is 5.95. The Hall–Kier alpha value is -3.37. The maximum atomic E-state index is 13.4. The first-order valence-electron chi connectivity index (χ1n) is 10.3. The Balaban J connectivity index is 1.83. The molecular formula is C24H26N2O6S2. The van der Waals surface area contributed by atoms with E-state index in [2.05, 4.69) is 5.32 Å². The molecule has 0 aliphatic rings. The summed E-state index contributed by atoms with van der Waals surface area (Å²) in [4.78, 5) is 13.1. The van der Waals surface area contributed by atoms with E-state index in [-0.39, 0.29) is 9.79 Å². The predicted octanol–water partition coefficient (Wildman–Crippen LogP) is 3.17. The number of rotatable bonds is 9. The minimum Gasteiger partial charge on any atom is -0.497 e. The second-order valence-electron chi connectivity index (χ2n) is 7.65. The van der Waals surface area contributed by atoms with E-state index >= 15 is 0 Å². The highest BCUT2D eigenvalue weighted by Gasteiger charge is 2.27. The second kappa shape index (κ2) is 10.3. The topological polar surface area (TPSA) is 110 Å². The fraction of sp³-hybridized carbons (Fsp3) is 0.208. The van der Waals surface area contributed by atoms with Crippen molar-refractivity contribution in [3.63, 3.8) is 0 Å². The summed E-state index contributed by atoms with van der Waals surface area (Å²) in [6.45, 7) is 1.29. The molecule has 34 heavy (non-hydrogen) atoms. The smallest absolute Gasteiger partial charge is 0.264 e. The normalized spacial score (nSPS) is 12.6. The predicted molar refractivity (Wildman–Crippen MR) is 130 cm³/mol. The highest BCUT2D eigenvalue weighted by atomic mass is 32.2. The Morgan fingerprint density at radius 2 is 1.44 bits per heavy atom. The van der Waals surface area contributed by atoms with Gasteiger partial charge in [-0.1, -0.05) is 30.3 Å². The Kier molecular flexibility index (Phi) is 7.63. The lowest BCUT2D eigenvalue weighted by Gasteiger charge is -2.25. The molecule has 0 radical (unpaired) electrons. The molecule has 1 amide bonds. The summed E-state index contributed by atoms with van der Waals surface area (Å²) in [5, 5.41) is 2.78. The molecular weight excluding hydrogens is 476 g/mol. The summed E-state index contributed by atoms with van der Waals surface area (Å²) in [6, 6.07) is 20.0. The molecule has 0 aromatic heterocycles. The number of hydrogen-bond donors (Lipinski definition) is 1. The van der Waals surface area contributed by atoms with Crippen molar-refractivity contribution in [1.82, 2.24) is 5.32 Å². The lowest BCUT2D eigenvalue weighted by Crippen LogP contribution is -2.41. The number of ether oxygens (including phenoxy) is 1. The lowest BCUT2D eigenvalue weighted by atomic mass is 10.1. The minimum atomic E-state index is -4.05. The van der Waals surface area contributed by atoms with Crippen molar-refractivity contribution < 1.29 is 26.4 Å². The molecule has 1 N–H and O–H groups in total. The summed E-state index contributed by atoms with van der Waals surface area (Å²) >= 11 is 0. The maximum absolute atomic E-state index is 13.4. The molecule has 3 aromatic carbocycles. The van der Waals surface area contributed by atoms with Crippen LogP contribution in [0.25, 0.3) is 0 Å². The van der Waals surface area contributed by atoms with Crippen LogP contribution in [0.5, 0.6) is 5.75 Å². The average molecular weight is 503 g/mol. The molecule has 0 saturated carbocycles. The first-order chi connectivity index (χ1) is 16.0. The number of nitrogens with zero attached hydrogens (tertiary/aromatic N) is 1. The number of nitrogens with one attached hydrogen (secondary N) is 1. The van der Waals surface area contributed by atoms with Crippen molar-refractivity contribution in [3.05, 3.63) is 84.4 Å². The Labute approximate surface area is 200 Å². The van der Waals surface area contributed by atoms with Crippen LogP contribution in [0.4, 0.5) is 5.69 Å². The SMILES string of the molecule is COc1ccc(S(=O)(=O)N(CC(=O)N[C@@H](C)c2ccc(S(C)(=O)=O)cc2)c2ccccc2)cc1. The largest absolute Gasteiger partial charge is 0.497 e. The number of carbonyl (C=O) groups excluding carboxylic acids is 1. The standard InChI is InChI=1S/C24H26N2O6S2/c1-18(19-9-13-22(14-10-19)33(3,28)29)25-24(27)17-26(20-7-5-4-6-8-20)34(30,31)23-15-11-21(32-2)12-16-23/h4-16,18H,17H2,1-3H3,(H,25,27)/t18-/m0/s1. The van der Waals surface area contributed by atoms with Gasteiger partial charge in [-0.05, 0) is 61.0 Å². The summed E-state index contributed by atoms with van der Waals surface area (Å²) < 4.78 is 56.3. The van der Waals surface area contributed by atoms with Crippen molar-refractivity contribution in [3.8, 4) is 5.75 Å². The van der Waals surface area contributed by atoms with Gasteiger partial charge in [-0.15, -0.1) is 0 Å². The molecule has 8 nitrogen and oxygen atoms in total. The minimum absolute atomic E-state index is 0.0226. The average Bonchev–Trinajstić information content (AvgIpc) is 2.82. The van der Waals surface area contributed by atoms with Crippen LogP contribution in [0.1, 0.15) is 18.5 Å². The quantitative estimate of drug-likeness (QED) is 0.481. The molecule has 1 atom stereocenters. The molecule has 0 bridgehead atoms. The van der Waals surface area contributed by atoms with Crippen molar-refractivity contribution in [2.45, 2.75) is 22.8 Å². The molecule has 0 aliphatic heterocycles. The van der Waals surface area contributed by atoms with Crippen molar-refractivity contribution in [2.75, 3.05) is 24.2 Å². The lowest BCUT2D eigenvalue weighted by molar-refractivity contribution is -0.120. The van der Waals surface area contributed by atoms with Crippen LogP contribution in [-0.2, 0) is 24.7 Å². The van der Waals surface area contributed by atoms with Gasteiger partial charge in [-0.3, -0.25) is 9.10 Å². The van der Waals surface area contributed by atoms with Gasteiger partial charge in [0.05, 0.1) is 28.6 Å². The zero-order valence-corrected chi connectivity index (χ0v) is 20.6. The monoisotopic (exact) mass is 502 g/mol. The van der Waals surface area contributed by atoms with Crippen molar-refractivity contribution in [2.24, 2.45) is 0 Å². The van der Waals surface area contributed by atoms with E-state index in [9.17, 15) is 21.6 Å².